The largest absolute Gasteiger partial charge is 0.325 e. The molecular weight excluding hydrogens is 386 g/mol. The van der Waals surface area contributed by atoms with Gasteiger partial charge in [-0.05, 0) is 43.3 Å². The second-order valence-electron chi connectivity index (χ2n) is 5.61. The summed E-state index contributed by atoms with van der Waals surface area (Å²) < 4.78 is 24.4. The van der Waals surface area contributed by atoms with Gasteiger partial charge in [-0.15, -0.1) is 10.2 Å². The highest BCUT2D eigenvalue weighted by Crippen LogP contribution is 2.22. The lowest BCUT2D eigenvalue weighted by atomic mass is 10.3. The normalized spacial score (nSPS) is 11.3. The Kier molecular flexibility index (Phi) is 5.59. The zero-order valence-corrected chi connectivity index (χ0v) is 16.0. The van der Waals surface area contributed by atoms with Crippen molar-refractivity contribution in [2.75, 3.05) is 11.1 Å². The van der Waals surface area contributed by atoms with E-state index in [1.54, 1.807) is 0 Å². The zero-order valence-electron chi connectivity index (χ0n) is 14.4. The highest BCUT2D eigenvalue weighted by Gasteiger charge is 2.13. The fourth-order valence-electron chi connectivity index (χ4n) is 2.37. The van der Waals surface area contributed by atoms with Gasteiger partial charge in [0.1, 0.15) is 5.82 Å². The maximum Gasteiger partial charge on any atom is 0.238 e. The van der Waals surface area contributed by atoms with Crippen LogP contribution in [-0.4, -0.2) is 34.8 Å². The van der Waals surface area contributed by atoms with Gasteiger partial charge in [-0.2, -0.15) is 0 Å². The summed E-state index contributed by atoms with van der Waals surface area (Å²) in [5.74, 6) is 0.605. The average molecular weight is 403 g/mol. The number of nitrogens with one attached hydrogen (secondary N) is 1. The number of primary sulfonamides is 1. The third kappa shape index (κ3) is 4.73. The van der Waals surface area contributed by atoms with E-state index < -0.39 is 10.0 Å². The Labute approximate surface area is 160 Å². The van der Waals surface area contributed by atoms with Crippen molar-refractivity contribution in [2.45, 2.75) is 17.0 Å². The highest BCUT2D eigenvalue weighted by atomic mass is 32.2. The number of carbonyl (C=O) groups excluding carboxylic acids is 1. The molecule has 0 aliphatic heterocycles. The molecule has 3 aromatic rings. The van der Waals surface area contributed by atoms with Crippen molar-refractivity contribution in [3.8, 4) is 5.69 Å². The zero-order chi connectivity index (χ0) is 19.4. The lowest BCUT2D eigenvalue weighted by molar-refractivity contribution is -0.113. The number of amides is 1. The quantitative estimate of drug-likeness (QED) is 0.607. The van der Waals surface area contributed by atoms with Crippen molar-refractivity contribution in [2.24, 2.45) is 5.14 Å². The van der Waals surface area contributed by atoms with E-state index in [1.165, 1.54) is 36.0 Å². The van der Waals surface area contributed by atoms with Crippen LogP contribution in [0.2, 0.25) is 0 Å². The SMILES string of the molecule is Cc1nnc(SCC(=O)Nc2ccc(S(N)(=O)=O)cc2)n1-c1ccccc1. The van der Waals surface area contributed by atoms with Gasteiger partial charge >= 0.3 is 0 Å². The van der Waals surface area contributed by atoms with Crippen LogP contribution in [0.1, 0.15) is 5.82 Å². The third-order valence-corrected chi connectivity index (χ3v) is 5.47. The molecule has 27 heavy (non-hydrogen) atoms. The fraction of sp³-hybridized carbons (Fsp3) is 0.118. The molecule has 0 saturated carbocycles. The van der Waals surface area contributed by atoms with Crippen LogP contribution in [0.25, 0.3) is 5.69 Å². The summed E-state index contributed by atoms with van der Waals surface area (Å²) in [4.78, 5) is 12.2. The first-order valence-corrected chi connectivity index (χ1v) is 10.4. The first-order chi connectivity index (χ1) is 12.8. The lowest BCUT2D eigenvalue weighted by Gasteiger charge is -2.08. The minimum atomic E-state index is -3.76. The van der Waals surface area contributed by atoms with Crippen LogP contribution < -0.4 is 10.5 Å². The van der Waals surface area contributed by atoms with E-state index in [9.17, 15) is 13.2 Å². The molecule has 10 heteroatoms. The van der Waals surface area contributed by atoms with Crippen molar-refractivity contribution >= 4 is 33.4 Å². The van der Waals surface area contributed by atoms with E-state index >= 15 is 0 Å². The summed E-state index contributed by atoms with van der Waals surface area (Å²) in [6, 6.07) is 15.3. The molecule has 0 fully saturated rings. The number of thioether (sulfide) groups is 1. The van der Waals surface area contributed by atoms with Gasteiger partial charge in [0.15, 0.2) is 5.16 Å². The summed E-state index contributed by atoms with van der Waals surface area (Å²) in [6.07, 6.45) is 0. The molecule has 0 unspecified atom stereocenters. The molecule has 0 atom stereocenters. The van der Waals surface area contributed by atoms with E-state index in [0.717, 1.165) is 11.5 Å². The Morgan fingerprint density at radius 3 is 2.41 bits per heavy atom. The third-order valence-electron chi connectivity index (χ3n) is 3.61. The first kappa shape index (κ1) is 19.1. The Balaban J connectivity index is 1.65. The second kappa shape index (κ2) is 7.91. The smallest absolute Gasteiger partial charge is 0.238 e. The van der Waals surface area contributed by atoms with Gasteiger partial charge in [0, 0.05) is 11.4 Å². The lowest BCUT2D eigenvalue weighted by Crippen LogP contribution is -2.15. The first-order valence-electron chi connectivity index (χ1n) is 7.87. The monoisotopic (exact) mass is 403 g/mol. The minimum Gasteiger partial charge on any atom is -0.325 e. The van der Waals surface area contributed by atoms with Crippen LogP contribution in [0.15, 0.2) is 64.6 Å². The highest BCUT2D eigenvalue weighted by molar-refractivity contribution is 7.99. The van der Waals surface area contributed by atoms with E-state index in [2.05, 4.69) is 15.5 Å². The standard InChI is InChI=1S/C17H17N5O3S2/c1-12-20-21-17(22(12)14-5-3-2-4-6-14)26-11-16(23)19-13-7-9-15(10-8-13)27(18,24)25/h2-10H,11H2,1H3,(H,19,23)(H2,18,24,25). The van der Waals surface area contributed by atoms with Gasteiger partial charge in [0.2, 0.25) is 15.9 Å². The van der Waals surface area contributed by atoms with Crippen LogP contribution in [0.4, 0.5) is 5.69 Å². The van der Waals surface area contributed by atoms with Crippen molar-refractivity contribution < 1.29 is 13.2 Å². The van der Waals surface area contributed by atoms with Crippen LogP contribution >= 0.6 is 11.8 Å². The number of benzene rings is 2. The molecule has 140 valence electrons. The van der Waals surface area contributed by atoms with E-state index in [4.69, 9.17) is 5.14 Å². The Bertz CT molecular complexity index is 1050. The molecule has 1 heterocycles. The summed E-state index contributed by atoms with van der Waals surface area (Å²) in [6.45, 7) is 1.84. The summed E-state index contributed by atoms with van der Waals surface area (Å²) in [7, 11) is -3.76. The molecule has 0 spiro atoms. The molecule has 1 aromatic heterocycles. The van der Waals surface area contributed by atoms with Gasteiger partial charge in [-0.1, -0.05) is 30.0 Å². The van der Waals surface area contributed by atoms with Crippen LogP contribution in [-0.2, 0) is 14.8 Å². The number of carbonyl (C=O) groups is 1. The van der Waals surface area contributed by atoms with Crippen LogP contribution in [0, 0.1) is 6.92 Å². The number of aromatic nitrogens is 3. The summed E-state index contributed by atoms with van der Waals surface area (Å²) >= 11 is 1.26. The second-order valence-corrected chi connectivity index (χ2v) is 8.11. The van der Waals surface area contributed by atoms with Crippen molar-refractivity contribution in [3.05, 3.63) is 60.4 Å². The van der Waals surface area contributed by atoms with Gasteiger partial charge in [-0.25, -0.2) is 13.6 Å². The maximum absolute atomic E-state index is 12.2. The predicted octanol–water partition coefficient (Wildman–Crippen LogP) is 1.95. The number of hydrogen-bond donors (Lipinski definition) is 2. The van der Waals surface area contributed by atoms with Crippen molar-refractivity contribution in [1.29, 1.82) is 0 Å². The molecule has 3 N–H and O–H groups in total. The average Bonchev–Trinajstić information content (AvgIpc) is 3.01. The van der Waals surface area contributed by atoms with Crippen LogP contribution in [0.5, 0.6) is 0 Å². The van der Waals surface area contributed by atoms with Crippen molar-refractivity contribution in [3.63, 3.8) is 0 Å². The summed E-state index contributed by atoms with van der Waals surface area (Å²) in [5, 5.41) is 16.6. The predicted molar refractivity (Wildman–Crippen MR) is 103 cm³/mol. The maximum atomic E-state index is 12.2. The molecular formula is C17H17N5O3S2. The fourth-order valence-corrected chi connectivity index (χ4v) is 3.68. The molecule has 2 aromatic carbocycles. The van der Waals surface area contributed by atoms with E-state index in [1.807, 2.05) is 41.8 Å². The number of hydrogen-bond acceptors (Lipinski definition) is 6. The van der Waals surface area contributed by atoms with E-state index in [0.29, 0.717) is 10.8 Å². The Hall–Kier alpha value is -2.69. The number of anilines is 1. The Morgan fingerprint density at radius 2 is 1.78 bits per heavy atom. The van der Waals surface area contributed by atoms with Gasteiger partial charge in [0.25, 0.3) is 0 Å². The molecule has 0 radical (unpaired) electrons. The molecule has 0 saturated heterocycles. The minimum absolute atomic E-state index is 0.0127. The molecule has 0 bridgehead atoms. The Morgan fingerprint density at radius 1 is 1.11 bits per heavy atom. The summed E-state index contributed by atoms with van der Waals surface area (Å²) in [5.41, 5.74) is 1.40. The van der Waals surface area contributed by atoms with Gasteiger partial charge < -0.3 is 5.32 Å². The number of nitrogens with zero attached hydrogens (tertiary/aromatic N) is 3. The van der Waals surface area contributed by atoms with E-state index in [-0.39, 0.29) is 16.6 Å². The number of nitrogens with two attached hydrogens (primary N) is 1. The van der Waals surface area contributed by atoms with Gasteiger partial charge in [-0.3, -0.25) is 9.36 Å². The molecule has 3 rings (SSSR count). The number of aryl methyl sites for hydroxylation is 1. The molecule has 1 amide bonds. The molecule has 0 aliphatic carbocycles. The number of sulfonamides is 1. The molecule has 0 aliphatic rings. The number of rotatable bonds is 6. The van der Waals surface area contributed by atoms with Crippen molar-refractivity contribution in [1.82, 2.24) is 14.8 Å². The van der Waals surface area contributed by atoms with Crippen LogP contribution in [0.3, 0.4) is 0 Å². The topological polar surface area (TPSA) is 120 Å². The number of para-hydroxylation sites is 1. The van der Waals surface area contributed by atoms with Gasteiger partial charge in [0.05, 0.1) is 10.6 Å². The molecule has 8 nitrogen and oxygen atoms in total.